The van der Waals surface area contributed by atoms with E-state index >= 15 is 0 Å². The van der Waals surface area contributed by atoms with E-state index in [1.54, 1.807) is 32.9 Å². The van der Waals surface area contributed by atoms with E-state index in [0.29, 0.717) is 59.5 Å². The monoisotopic (exact) mass is 716 g/mol. The molecule has 0 aromatic heterocycles. The van der Waals surface area contributed by atoms with Gasteiger partial charge in [-0.3, -0.25) is 0 Å². The average Bonchev–Trinajstić information content (AvgIpc) is 2.94. The minimum Gasteiger partial charge on any atom is -0.458 e. The highest BCUT2D eigenvalue weighted by Gasteiger charge is 2.16. The van der Waals surface area contributed by atoms with E-state index in [4.69, 9.17) is 53.7 Å². The molecule has 0 spiro atoms. The lowest BCUT2D eigenvalue weighted by Crippen LogP contribution is -2.27. The van der Waals surface area contributed by atoms with E-state index in [2.05, 4.69) is 6.92 Å². The predicted octanol–water partition coefficient (Wildman–Crippen LogP) is 4.08. The van der Waals surface area contributed by atoms with Gasteiger partial charge in [-0.1, -0.05) is 24.6 Å². The summed E-state index contributed by atoms with van der Waals surface area (Å²) in [6.07, 6.45) is 1.01. The molecule has 47 heavy (non-hydrogen) atoms. The number of esters is 2. The second-order valence-corrected chi connectivity index (χ2v) is 14.3. The number of hydrogen-bond donors (Lipinski definition) is 1. The highest BCUT2D eigenvalue weighted by molar-refractivity contribution is 8.13. The Balaban J connectivity index is 0. The number of ether oxygens (including phenoxy) is 8. The molecule has 0 unspecified atom stereocenters. The smallest absolute Gasteiger partial charge is 0.332 e. The highest BCUT2D eigenvalue weighted by atomic mass is 35.7. The number of benzene rings is 1. The summed E-state index contributed by atoms with van der Waals surface area (Å²) in [4.78, 5) is 22.6. The lowest BCUT2D eigenvalue weighted by molar-refractivity contribution is -0.161. The van der Waals surface area contributed by atoms with Crippen molar-refractivity contribution < 1.29 is 61.0 Å². The first kappa shape index (κ1) is 47.2. The summed E-state index contributed by atoms with van der Waals surface area (Å²) in [5.74, 6) is -0.734. The van der Waals surface area contributed by atoms with Crippen LogP contribution in [0.1, 0.15) is 60.5 Å². The summed E-state index contributed by atoms with van der Waals surface area (Å²) in [5, 5.41) is 8.44. The van der Waals surface area contributed by atoms with Crippen molar-refractivity contribution in [2.24, 2.45) is 0 Å². The van der Waals surface area contributed by atoms with Crippen molar-refractivity contribution in [3.05, 3.63) is 29.8 Å². The van der Waals surface area contributed by atoms with E-state index in [1.807, 2.05) is 27.7 Å². The van der Waals surface area contributed by atoms with Gasteiger partial charge in [-0.2, -0.15) is 0 Å². The normalized spacial score (nSPS) is 11.5. The third kappa shape index (κ3) is 36.8. The first-order valence-corrected chi connectivity index (χ1v) is 17.7. The molecule has 1 rings (SSSR count). The van der Waals surface area contributed by atoms with Crippen molar-refractivity contribution in [3.63, 3.8) is 0 Å². The summed E-state index contributed by atoms with van der Waals surface area (Å²) in [6.45, 7) is 19.4. The molecule has 15 heteroatoms. The average molecular weight is 717 g/mol. The van der Waals surface area contributed by atoms with Gasteiger partial charge in [0.25, 0.3) is 9.05 Å². The minimum absolute atomic E-state index is 0.0129. The summed E-state index contributed by atoms with van der Waals surface area (Å²) in [6, 6.07) is 6.37. The summed E-state index contributed by atoms with van der Waals surface area (Å²) >= 11 is 0. The lowest BCUT2D eigenvalue weighted by atomic mass is 10.2. The maximum atomic E-state index is 11.3. The fourth-order valence-electron chi connectivity index (χ4n) is 2.84. The molecule has 0 amide bonds. The van der Waals surface area contributed by atoms with E-state index in [-0.39, 0.29) is 36.7 Å². The summed E-state index contributed by atoms with van der Waals surface area (Å²) < 4.78 is 62.5. The van der Waals surface area contributed by atoms with Crippen molar-refractivity contribution in [1.82, 2.24) is 0 Å². The van der Waals surface area contributed by atoms with Gasteiger partial charge in [-0.25, -0.2) is 18.0 Å². The lowest BCUT2D eigenvalue weighted by Gasteiger charge is -2.19. The van der Waals surface area contributed by atoms with Crippen molar-refractivity contribution >= 4 is 31.7 Å². The molecule has 1 aromatic rings. The zero-order valence-corrected chi connectivity index (χ0v) is 30.9. The molecule has 0 aliphatic heterocycles. The molecule has 0 aliphatic carbocycles. The summed E-state index contributed by atoms with van der Waals surface area (Å²) in [5.41, 5.74) is 0.0585. The maximum absolute atomic E-state index is 11.3. The Morgan fingerprint density at radius 2 is 0.979 bits per heavy atom. The molecule has 0 saturated heterocycles. The zero-order valence-electron chi connectivity index (χ0n) is 29.3. The first-order valence-electron chi connectivity index (χ1n) is 15.4. The van der Waals surface area contributed by atoms with Crippen molar-refractivity contribution in [2.45, 2.75) is 77.9 Å². The molecule has 1 aromatic carbocycles. The van der Waals surface area contributed by atoms with Crippen LogP contribution in [0.4, 0.5) is 0 Å². The van der Waals surface area contributed by atoms with Crippen molar-refractivity contribution in [1.29, 1.82) is 0 Å². The van der Waals surface area contributed by atoms with Crippen molar-refractivity contribution in [3.8, 4) is 0 Å². The van der Waals surface area contributed by atoms with Crippen LogP contribution in [0.5, 0.6) is 0 Å². The molecule has 0 heterocycles. The van der Waals surface area contributed by atoms with Crippen LogP contribution >= 0.6 is 10.7 Å². The third-order valence-corrected chi connectivity index (χ3v) is 6.02. The van der Waals surface area contributed by atoms with Crippen LogP contribution in [0.3, 0.4) is 0 Å². The van der Waals surface area contributed by atoms with Gasteiger partial charge in [0.1, 0.15) is 24.4 Å². The number of aliphatic hydroxyl groups excluding tert-OH is 1. The fraction of sp³-hybridized carbons (Fsp3) is 0.750. The standard InChI is InChI=1S/C13H26O5.C12H24O6.C7H7ClO2S/c1-5-6-15-7-8-16-9-10-17-11-12(14)18-13(2,3)4;1-12(2,3)18-11(14)10-17-9-8-16-7-6-15-5-4-13;1-6-2-4-7(5-3-6)11(8,9)10/h5-11H2,1-4H3;13H,4-10H2,1-3H3;2-5H,1H3. The minimum atomic E-state index is -3.55. The second kappa shape index (κ2) is 28.0. The van der Waals surface area contributed by atoms with Gasteiger partial charge in [-0.15, -0.1) is 0 Å². The fourth-order valence-corrected chi connectivity index (χ4v) is 3.61. The topological polar surface area (TPSA) is 162 Å². The molecule has 0 aliphatic rings. The van der Waals surface area contributed by atoms with E-state index < -0.39 is 20.3 Å². The van der Waals surface area contributed by atoms with Gasteiger partial charge < -0.3 is 43.0 Å². The van der Waals surface area contributed by atoms with E-state index in [0.717, 1.165) is 18.6 Å². The molecule has 276 valence electrons. The number of hydrogen-bond acceptors (Lipinski definition) is 13. The zero-order chi connectivity index (χ0) is 36.2. The van der Waals surface area contributed by atoms with Gasteiger partial charge in [-0.05, 0) is 67.0 Å². The van der Waals surface area contributed by atoms with Crippen LogP contribution in [0.2, 0.25) is 0 Å². The van der Waals surface area contributed by atoms with Crippen molar-refractivity contribution in [2.75, 3.05) is 85.9 Å². The Morgan fingerprint density at radius 1 is 0.638 bits per heavy atom. The molecule has 0 atom stereocenters. The molecular weight excluding hydrogens is 660 g/mol. The first-order chi connectivity index (χ1) is 21.9. The van der Waals surface area contributed by atoms with Crippen LogP contribution in [0, 0.1) is 6.92 Å². The van der Waals surface area contributed by atoms with Crippen LogP contribution in [-0.4, -0.2) is 123 Å². The molecule has 0 bridgehead atoms. The number of halogens is 1. The maximum Gasteiger partial charge on any atom is 0.332 e. The molecule has 1 N–H and O–H groups in total. The molecule has 13 nitrogen and oxygen atoms in total. The van der Waals surface area contributed by atoms with Crippen LogP contribution < -0.4 is 0 Å². The number of carbonyl (C=O) groups is 2. The number of aryl methyl sites for hydroxylation is 1. The molecule has 0 fully saturated rings. The Morgan fingerprint density at radius 3 is 1.30 bits per heavy atom. The SMILES string of the molecule is CC(C)(C)OC(=O)COCCOCCOCCO.CCCOCCOCCOCC(=O)OC(C)(C)C.Cc1ccc(S(=O)(=O)Cl)cc1. The number of carbonyl (C=O) groups excluding carboxylic acids is 2. The molecular formula is C32H57ClO13S. The molecule has 0 radical (unpaired) electrons. The van der Waals surface area contributed by atoms with Gasteiger partial charge >= 0.3 is 11.9 Å². The van der Waals surface area contributed by atoms with Crippen LogP contribution in [-0.2, 0) is 56.5 Å². The quantitative estimate of drug-likeness (QED) is 0.110. The summed E-state index contributed by atoms with van der Waals surface area (Å²) in [7, 11) is 1.54. The predicted molar refractivity (Wildman–Crippen MR) is 178 cm³/mol. The van der Waals surface area contributed by atoms with Crippen LogP contribution in [0.15, 0.2) is 29.2 Å². The van der Waals surface area contributed by atoms with Crippen LogP contribution in [0.25, 0.3) is 0 Å². The Bertz CT molecular complexity index is 975. The highest BCUT2D eigenvalue weighted by Crippen LogP contribution is 2.14. The van der Waals surface area contributed by atoms with E-state index in [9.17, 15) is 18.0 Å². The van der Waals surface area contributed by atoms with Gasteiger partial charge in [0.15, 0.2) is 0 Å². The third-order valence-electron chi connectivity index (χ3n) is 4.65. The second-order valence-electron chi connectivity index (χ2n) is 11.7. The van der Waals surface area contributed by atoms with Gasteiger partial charge in [0, 0.05) is 17.3 Å². The van der Waals surface area contributed by atoms with Gasteiger partial charge in [0.05, 0.1) is 71.0 Å². The Labute approximate surface area is 285 Å². The van der Waals surface area contributed by atoms with E-state index in [1.165, 1.54) is 12.1 Å². The Hall–Kier alpha value is -1.88. The largest absolute Gasteiger partial charge is 0.458 e. The van der Waals surface area contributed by atoms with Gasteiger partial charge in [0.2, 0.25) is 0 Å². The number of rotatable bonds is 21. The Kier molecular flexibility index (Phi) is 28.1. The molecule has 0 saturated carbocycles. The number of aliphatic hydroxyl groups is 1.